The van der Waals surface area contributed by atoms with E-state index in [-0.39, 0.29) is 12.8 Å². The summed E-state index contributed by atoms with van der Waals surface area (Å²) in [6.07, 6.45) is -1.19. The topological polar surface area (TPSA) is 74.7 Å². The minimum atomic E-state index is -4.14. The molecular formula is C9H16FNO4S. The molecular weight excluding hydrogens is 237 g/mol. The van der Waals surface area contributed by atoms with Crippen LogP contribution >= 0.6 is 0 Å². The first-order chi connectivity index (χ1) is 7.08. The van der Waals surface area contributed by atoms with Gasteiger partial charge in [-0.05, 0) is 33.6 Å². The van der Waals surface area contributed by atoms with Crippen LogP contribution in [0.25, 0.3) is 0 Å². The minimum absolute atomic E-state index is 0.186. The highest BCUT2D eigenvalue weighted by molar-refractivity contribution is 7.91. The number of halogens is 1. The van der Waals surface area contributed by atoms with Crippen molar-refractivity contribution in [2.45, 2.75) is 43.9 Å². The monoisotopic (exact) mass is 253 g/mol. The van der Waals surface area contributed by atoms with Gasteiger partial charge in [-0.25, -0.2) is 17.6 Å². The second kappa shape index (κ2) is 3.58. The van der Waals surface area contributed by atoms with Crippen molar-refractivity contribution in [2.24, 2.45) is 0 Å². The largest absolute Gasteiger partial charge is 0.464 e. The van der Waals surface area contributed by atoms with Crippen LogP contribution in [0.15, 0.2) is 0 Å². The molecule has 1 fully saturated rings. The van der Waals surface area contributed by atoms with Gasteiger partial charge in [-0.2, -0.15) is 4.31 Å². The Hall–Kier alpha value is -0.850. The van der Waals surface area contributed by atoms with Crippen molar-refractivity contribution < 1.29 is 22.7 Å². The van der Waals surface area contributed by atoms with Gasteiger partial charge in [-0.3, -0.25) is 0 Å². The summed E-state index contributed by atoms with van der Waals surface area (Å²) in [4.78, 5) is 11.0. The first kappa shape index (κ1) is 13.2. The fraction of sp³-hybridized carbons (Fsp3) is 0.889. The van der Waals surface area contributed by atoms with Crippen molar-refractivity contribution >= 4 is 16.1 Å². The van der Waals surface area contributed by atoms with Crippen molar-refractivity contribution in [2.75, 3.05) is 6.67 Å². The minimum Gasteiger partial charge on any atom is -0.464 e. The van der Waals surface area contributed by atoms with E-state index in [4.69, 9.17) is 5.11 Å². The molecule has 0 unspecified atom stereocenters. The van der Waals surface area contributed by atoms with Crippen LogP contribution in [0.3, 0.4) is 0 Å². The molecule has 0 aliphatic heterocycles. The molecule has 94 valence electrons. The van der Waals surface area contributed by atoms with Crippen molar-refractivity contribution in [3.8, 4) is 0 Å². The Morgan fingerprint density at radius 3 is 2.06 bits per heavy atom. The van der Waals surface area contributed by atoms with Crippen molar-refractivity contribution in [3.05, 3.63) is 0 Å². The smallest absolute Gasteiger partial charge is 0.421 e. The molecule has 0 heterocycles. The number of hydrogen-bond acceptors (Lipinski definition) is 3. The van der Waals surface area contributed by atoms with Crippen LogP contribution in [0, 0.1) is 0 Å². The first-order valence-electron chi connectivity index (χ1n) is 4.92. The molecule has 0 bridgehead atoms. The van der Waals surface area contributed by atoms with Crippen molar-refractivity contribution in [1.29, 1.82) is 0 Å². The summed E-state index contributed by atoms with van der Waals surface area (Å²) in [7, 11) is -4.14. The lowest BCUT2D eigenvalue weighted by Gasteiger charge is -2.34. The third-order valence-corrected chi connectivity index (χ3v) is 5.42. The number of carbonyl (C=O) groups is 1. The Bertz CT molecular complexity index is 394. The van der Waals surface area contributed by atoms with Gasteiger partial charge in [0.05, 0.1) is 5.54 Å². The van der Waals surface area contributed by atoms with Gasteiger partial charge in [-0.1, -0.05) is 0 Å². The summed E-state index contributed by atoms with van der Waals surface area (Å²) in [6, 6.07) is 0. The van der Waals surface area contributed by atoms with Crippen LogP contribution in [0.1, 0.15) is 33.6 Å². The molecule has 1 N–H and O–H groups in total. The molecule has 0 spiro atoms. The maximum Gasteiger partial charge on any atom is 0.421 e. The number of carboxylic acid groups (broad SMARTS) is 1. The number of alkyl halides is 1. The van der Waals surface area contributed by atoms with E-state index in [0.29, 0.717) is 4.31 Å². The van der Waals surface area contributed by atoms with E-state index >= 15 is 0 Å². The van der Waals surface area contributed by atoms with E-state index in [0.717, 1.165) is 0 Å². The predicted octanol–water partition coefficient (Wildman–Crippen LogP) is 1.60. The number of hydrogen-bond donors (Lipinski definition) is 1. The second-order valence-electron chi connectivity index (χ2n) is 5.04. The molecule has 5 nitrogen and oxygen atoms in total. The molecule has 0 atom stereocenters. The zero-order chi connectivity index (χ0) is 12.8. The molecule has 7 heteroatoms. The van der Waals surface area contributed by atoms with Gasteiger partial charge in [0.1, 0.15) is 11.4 Å². The number of amides is 1. The maximum atomic E-state index is 12.7. The fourth-order valence-corrected chi connectivity index (χ4v) is 3.61. The van der Waals surface area contributed by atoms with Gasteiger partial charge in [0.25, 0.3) is 0 Å². The zero-order valence-electron chi connectivity index (χ0n) is 9.53. The van der Waals surface area contributed by atoms with Crippen molar-refractivity contribution in [1.82, 2.24) is 4.31 Å². The Kier molecular flexibility index (Phi) is 2.96. The van der Waals surface area contributed by atoms with Crippen LogP contribution in [0.2, 0.25) is 0 Å². The third-order valence-electron chi connectivity index (χ3n) is 2.62. The molecule has 1 saturated carbocycles. The lowest BCUT2D eigenvalue weighted by atomic mass is 10.1. The Morgan fingerprint density at radius 2 is 1.88 bits per heavy atom. The lowest BCUT2D eigenvalue weighted by Crippen LogP contribution is -2.53. The predicted molar refractivity (Wildman–Crippen MR) is 56.5 cm³/mol. The van der Waals surface area contributed by atoms with Crippen LogP contribution in [-0.2, 0) is 10.0 Å². The molecule has 0 aromatic heterocycles. The van der Waals surface area contributed by atoms with Gasteiger partial charge in [0, 0.05) is 0 Å². The average Bonchev–Trinajstić information content (AvgIpc) is 2.78. The average molecular weight is 253 g/mol. The fourth-order valence-electron chi connectivity index (χ4n) is 1.54. The van der Waals surface area contributed by atoms with Crippen molar-refractivity contribution in [3.63, 3.8) is 0 Å². The maximum absolute atomic E-state index is 12.7. The molecule has 1 aliphatic carbocycles. The summed E-state index contributed by atoms with van der Waals surface area (Å²) >= 11 is 0. The van der Waals surface area contributed by atoms with Crippen LogP contribution in [0.5, 0.6) is 0 Å². The van der Waals surface area contributed by atoms with Gasteiger partial charge < -0.3 is 5.11 Å². The summed E-state index contributed by atoms with van der Waals surface area (Å²) in [5, 5.41) is 8.96. The third kappa shape index (κ3) is 1.88. The molecule has 1 rings (SSSR count). The molecule has 0 saturated heterocycles. The zero-order valence-corrected chi connectivity index (χ0v) is 10.3. The van der Waals surface area contributed by atoms with E-state index in [1.807, 2.05) is 0 Å². The normalized spacial score (nSPS) is 19.2. The first-order valence-corrected chi connectivity index (χ1v) is 6.36. The standard InChI is InChI=1S/C9H16FNO4S/c1-8(2,3)11(7(12)13)16(14,15)9(6-10)4-5-9/h4-6H2,1-3H3,(H,12,13). The molecule has 0 radical (unpaired) electrons. The molecule has 16 heavy (non-hydrogen) atoms. The van der Waals surface area contributed by atoms with E-state index < -0.39 is 33.1 Å². The van der Waals surface area contributed by atoms with Gasteiger partial charge in [0.2, 0.25) is 10.0 Å². The molecule has 0 aromatic carbocycles. The van der Waals surface area contributed by atoms with Crippen LogP contribution in [0.4, 0.5) is 9.18 Å². The van der Waals surface area contributed by atoms with E-state index in [1.165, 1.54) is 20.8 Å². The van der Waals surface area contributed by atoms with Crippen LogP contribution < -0.4 is 0 Å². The number of nitrogens with zero attached hydrogens (tertiary/aromatic N) is 1. The van der Waals surface area contributed by atoms with E-state index in [1.54, 1.807) is 0 Å². The second-order valence-corrected chi connectivity index (χ2v) is 7.22. The Morgan fingerprint density at radius 1 is 1.44 bits per heavy atom. The highest BCUT2D eigenvalue weighted by atomic mass is 32.2. The van der Waals surface area contributed by atoms with E-state index in [2.05, 4.69) is 0 Å². The van der Waals surface area contributed by atoms with Gasteiger partial charge >= 0.3 is 6.09 Å². The van der Waals surface area contributed by atoms with E-state index in [9.17, 15) is 17.6 Å². The summed E-state index contributed by atoms with van der Waals surface area (Å²) < 4.78 is 35.7. The lowest BCUT2D eigenvalue weighted by molar-refractivity contribution is 0.145. The van der Waals surface area contributed by atoms with Crippen LogP contribution in [-0.4, -0.2) is 40.9 Å². The molecule has 1 aliphatic rings. The SMILES string of the molecule is CC(C)(C)N(C(=O)O)S(=O)(=O)C1(CF)CC1. The molecule has 1 amide bonds. The number of rotatable bonds is 3. The highest BCUT2D eigenvalue weighted by Gasteiger charge is 2.60. The molecule has 0 aromatic rings. The van der Waals surface area contributed by atoms with Gasteiger partial charge in [0.15, 0.2) is 0 Å². The summed E-state index contributed by atoms with van der Waals surface area (Å²) in [5.74, 6) is 0. The highest BCUT2D eigenvalue weighted by Crippen LogP contribution is 2.46. The van der Waals surface area contributed by atoms with Gasteiger partial charge in [-0.15, -0.1) is 0 Å². The summed E-state index contributed by atoms with van der Waals surface area (Å²) in [5.41, 5.74) is -1.10. The quantitative estimate of drug-likeness (QED) is 0.829. The number of sulfonamides is 1. The Balaban J connectivity index is 3.20. The Labute approximate surface area is 94.3 Å². The summed E-state index contributed by atoms with van der Waals surface area (Å²) in [6.45, 7) is 3.36.